The quantitative estimate of drug-likeness (QED) is 0.509. The molecule has 1 aliphatic rings. The summed E-state index contributed by atoms with van der Waals surface area (Å²) in [5.41, 5.74) is 6.83. The molecule has 0 aliphatic heterocycles. The fourth-order valence-corrected chi connectivity index (χ4v) is 5.02. The number of nitrogens with zero attached hydrogens (tertiary/aromatic N) is 2. The highest BCUT2D eigenvalue weighted by Gasteiger charge is 2.31. The van der Waals surface area contributed by atoms with Crippen LogP contribution in [0.2, 0.25) is 0 Å². The highest BCUT2D eigenvalue weighted by Crippen LogP contribution is 2.44. The van der Waals surface area contributed by atoms with Crippen LogP contribution in [0.3, 0.4) is 0 Å². The molecule has 1 heterocycles. The Labute approximate surface area is 201 Å². The second-order valence-electron chi connectivity index (χ2n) is 8.18. The molecule has 2 amide bonds. The minimum atomic E-state index is -1.24. The third-order valence-electron chi connectivity index (χ3n) is 5.91. The van der Waals surface area contributed by atoms with Gasteiger partial charge in [-0.25, -0.2) is 9.78 Å². The van der Waals surface area contributed by atoms with Gasteiger partial charge in [-0.05, 0) is 29.2 Å². The van der Waals surface area contributed by atoms with Gasteiger partial charge in [-0.15, -0.1) is 11.3 Å². The van der Waals surface area contributed by atoms with Crippen molar-refractivity contribution in [3.05, 3.63) is 75.7 Å². The molecule has 8 nitrogen and oxygen atoms in total. The van der Waals surface area contributed by atoms with Crippen LogP contribution in [-0.2, 0) is 20.9 Å². The number of amides is 2. The fraction of sp³-hybridized carbons (Fsp3) is 0.280. The zero-order valence-electron chi connectivity index (χ0n) is 18.9. The Morgan fingerprint density at radius 1 is 1.12 bits per heavy atom. The summed E-state index contributed by atoms with van der Waals surface area (Å²) in [6.45, 7) is 2.19. The van der Waals surface area contributed by atoms with Crippen molar-refractivity contribution >= 4 is 29.3 Å². The highest BCUT2D eigenvalue weighted by atomic mass is 32.1. The van der Waals surface area contributed by atoms with E-state index in [4.69, 9.17) is 4.74 Å². The number of ether oxygens (including phenoxy) is 1. The van der Waals surface area contributed by atoms with Crippen molar-refractivity contribution in [2.45, 2.75) is 31.8 Å². The zero-order chi connectivity index (χ0) is 24.2. The molecule has 0 saturated heterocycles. The summed E-state index contributed by atoms with van der Waals surface area (Å²) >= 11 is 1.41. The number of rotatable bonds is 8. The predicted molar refractivity (Wildman–Crippen MR) is 128 cm³/mol. The van der Waals surface area contributed by atoms with Crippen LogP contribution in [0.5, 0.6) is 0 Å². The van der Waals surface area contributed by atoms with E-state index in [1.165, 1.54) is 16.2 Å². The molecule has 2 N–H and O–H groups in total. The Morgan fingerprint density at radius 2 is 1.74 bits per heavy atom. The van der Waals surface area contributed by atoms with E-state index in [2.05, 4.69) is 10.3 Å². The number of carboxylic acid groups (broad SMARTS) is 1. The number of thiazole rings is 1. The largest absolute Gasteiger partial charge is 0.481 e. The van der Waals surface area contributed by atoms with Crippen LogP contribution in [0.25, 0.3) is 11.1 Å². The molecule has 4 rings (SSSR count). The maximum absolute atomic E-state index is 12.9. The van der Waals surface area contributed by atoms with Crippen LogP contribution >= 0.6 is 11.3 Å². The van der Waals surface area contributed by atoms with E-state index in [0.29, 0.717) is 0 Å². The Bertz CT molecular complexity index is 1180. The second-order valence-corrected chi connectivity index (χ2v) is 9.11. The standard InChI is InChI=1S/C25H25N3O5S/c1-15-22(34-14-26-15)12-28(2)24(31)21(11-23(29)30)27-25(32)33-13-20-18-9-5-3-7-16(18)17-8-4-6-10-19(17)20/h3-10,14,20-21H,11-13H2,1-2H3,(H,27,32)(H,29,30). The molecule has 1 aromatic heterocycles. The van der Waals surface area contributed by atoms with Crippen LogP contribution in [0.4, 0.5) is 4.79 Å². The van der Waals surface area contributed by atoms with Gasteiger partial charge < -0.3 is 20.1 Å². The molecule has 0 spiro atoms. The van der Waals surface area contributed by atoms with Crippen molar-refractivity contribution in [2.75, 3.05) is 13.7 Å². The van der Waals surface area contributed by atoms with Gasteiger partial charge in [0, 0.05) is 17.8 Å². The first-order valence-electron chi connectivity index (χ1n) is 10.8. The monoisotopic (exact) mass is 479 g/mol. The number of carbonyl (C=O) groups excluding carboxylic acids is 2. The first-order chi connectivity index (χ1) is 16.3. The van der Waals surface area contributed by atoms with E-state index < -0.39 is 30.4 Å². The van der Waals surface area contributed by atoms with Crippen LogP contribution < -0.4 is 5.32 Å². The first kappa shape index (κ1) is 23.4. The number of benzene rings is 2. The van der Waals surface area contributed by atoms with Gasteiger partial charge in [0.2, 0.25) is 5.91 Å². The molecule has 34 heavy (non-hydrogen) atoms. The van der Waals surface area contributed by atoms with E-state index in [-0.39, 0.29) is 19.1 Å². The molecule has 1 aliphatic carbocycles. The zero-order valence-corrected chi connectivity index (χ0v) is 19.7. The molecule has 0 bridgehead atoms. The maximum Gasteiger partial charge on any atom is 0.407 e. The summed E-state index contributed by atoms with van der Waals surface area (Å²) in [5.74, 6) is -1.84. The van der Waals surface area contributed by atoms with E-state index in [1.54, 1.807) is 12.6 Å². The molecular weight excluding hydrogens is 454 g/mol. The van der Waals surface area contributed by atoms with E-state index in [0.717, 1.165) is 32.8 Å². The number of alkyl carbamates (subject to hydrolysis) is 1. The van der Waals surface area contributed by atoms with Crippen molar-refractivity contribution in [1.29, 1.82) is 0 Å². The fourth-order valence-electron chi connectivity index (χ4n) is 4.19. The van der Waals surface area contributed by atoms with Gasteiger partial charge in [-0.3, -0.25) is 9.59 Å². The summed E-state index contributed by atoms with van der Waals surface area (Å²) in [6.07, 6.45) is -1.38. The van der Waals surface area contributed by atoms with Crippen LogP contribution in [0.1, 0.15) is 34.0 Å². The molecule has 2 aromatic carbocycles. The Hall–Kier alpha value is -3.72. The number of carboxylic acids is 1. The van der Waals surface area contributed by atoms with Gasteiger partial charge in [-0.1, -0.05) is 48.5 Å². The van der Waals surface area contributed by atoms with Gasteiger partial charge in [0.15, 0.2) is 0 Å². The highest BCUT2D eigenvalue weighted by molar-refractivity contribution is 7.09. The average molecular weight is 480 g/mol. The lowest BCUT2D eigenvalue weighted by Gasteiger charge is -2.23. The molecule has 1 atom stereocenters. The third kappa shape index (κ3) is 4.94. The Kier molecular flexibility index (Phi) is 6.93. The number of hydrogen-bond donors (Lipinski definition) is 2. The van der Waals surface area contributed by atoms with Gasteiger partial charge in [0.1, 0.15) is 12.6 Å². The van der Waals surface area contributed by atoms with Crippen LogP contribution in [0, 0.1) is 6.92 Å². The Balaban J connectivity index is 1.42. The molecule has 3 aromatic rings. The summed E-state index contributed by atoms with van der Waals surface area (Å²) in [7, 11) is 1.57. The minimum absolute atomic E-state index is 0.0732. The molecule has 1 unspecified atom stereocenters. The van der Waals surface area contributed by atoms with Gasteiger partial charge >= 0.3 is 12.1 Å². The van der Waals surface area contributed by atoms with Crippen LogP contribution in [-0.4, -0.2) is 52.7 Å². The number of carbonyl (C=O) groups is 3. The second kappa shape index (κ2) is 10.0. The normalized spacial score (nSPS) is 13.0. The summed E-state index contributed by atoms with van der Waals surface area (Å²) in [6, 6.07) is 14.7. The number of aliphatic carboxylic acids is 1. The smallest absolute Gasteiger partial charge is 0.407 e. The van der Waals surface area contributed by atoms with E-state index in [9.17, 15) is 19.5 Å². The van der Waals surface area contributed by atoms with Crippen molar-refractivity contribution in [3.63, 3.8) is 0 Å². The minimum Gasteiger partial charge on any atom is -0.481 e. The molecule has 0 radical (unpaired) electrons. The predicted octanol–water partition coefficient (Wildman–Crippen LogP) is 3.79. The van der Waals surface area contributed by atoms with Gasteiger partial charge in [-0.2, -0.15) is 0 Å². The van der Waals surface area contributed by atoms with Crippen LogP contribution in [0.15, 0.2) is 54.0 Å². The summed E-state index contributed by atoms with van der Waals surface area (Å²) < 4.78 is 5.48. The lowest BCUT2D eigenvalue weighted by atomic mass is 9.98. The Morgan fingerprint density at radius 3 is 2.29 bits per heavy atom. The molecule has 9 heteroatoms. The summed E-state index contributed by atoms with van der Waals surface area (Å²) in [5, 5.41) is 11.7. The van der Waals surface area contributed by atoms with E-state index >= 15 is 0 Å². The molecule has 0 fully saturated rings. The number of hydrogen-bond acceptors (Lipinski definition) is 6. The maximum atomic E-state index is 12.9. The van der Waals surface area contributed by atoms with Gasteiger partial charge in [0.25, 0.3) is 0 Å². The molecular formula is C25H25N3O5S. The first-order valence-corrected chi connectivity index (χ1v) is 11.7. The number of nitrogens with one attached hydrogen (secondary N) is 1. The van der Waals surface area contributed by atoms with Gasteiger partial charge in [0.05, 0.1) is 24.2 Å². The number of likely N-dealkylation sites (N-methyl/N-ethyl adjacent to an activating group) is 1. The number of aryl methyl sites for hydroxylation is 1. The third-order valence-corrected chi connectivity index (χ3v) is 6.83. The van der Waals surface area contributed by atoms with Crippen molar-refractivity contribution in [1.82, 2.24) is 15.2 Å². The lowest BCUT2D eigenvalue weighted by Crippen LogP contribution is -2.48. The summed E-state index contributed by atoms with van der Waals surface area (Å²) in [4.78, 5) is 43.3. The SMILES string of the molecule is Cc1ncsc1CN(C)C(=O)C(CC(=O)O)NC(=O)OCC1c2ccccc2-c2ccccc21. The molecule has 176 valence electrons. The lowest BCUT2D eigenvalue weighted by molar-refractivity contribution is -0.142. The van der Waals surface area contributed by atoms with Crippen molar-refractivity contribution < 1.29 is 24.2 Å². The number of fused-ring (bicyclic) bond motifs is 3. The van der Waals surface area contributed by atoms with E-state index in [1.807, 2.05) is 55.5 Å². The topological polar surface area (TPSA) is 109 Å². The van der Waals surface area contributed by atoms with Crippen molar-refractivity contribution in [3.8, 4) is 11.1 Å². The van der Waals surface area contributed by atoms with Crippen molar-refractivity contribution in [2.24, 2.45) is 0 Å². The number of aromatic nitrogens is 1. The average Bonchev–Trinajstić information content (AvgIpc) is 3.37. The molecule has 0 saturated carbocycles.